The Labute approximate surface area is 172 Å². The number of aromatic nitrogens is 3. The van der Waals surface area contributed by atoms with Gasteiger partial charge >= 0.3 is 0 Å². The van der Waals surface area contributed by atoms with Gasteiger partial charge in [-0.3, -0.25) is 0 Å². The Bertz CT molecular complexity index is 1270. The molecule has 4 heterocycles. The highest BCUT2D eigenvalue weighted by atomic mass is 16.5. The van der Waals surface area contributed by atoms with Gasteiger partial charge in [0.05, 0.1) is 24.7 Å². The fraction of sp³-hybridized carbons (Fsp3) is 0.174. The van der Waals surface area contributed by atoms with E-state index in [1.165, 1.54) is 0 Å². The minimum absolute atomic E-state index is 0.0213. The number of methoxy groups -OCH3 is 1. The van der Waals surface area contributed by atoms with Crippen molar-refractivity contribution in [3.63, 3.8) is 0 Å². The van der Waals surface area contributed by atoms with Crippen LogP contribution in [0.1, 0.15) is 28.6 Å². The molecule has 1 unspecified atom stereocenters. The summed E-state index contributed by atoms with van der Waals surface area (Å²) in [5.41, 5.74) is 5.75. The van der Waals surface area contributed by atoms with E-state index >= 15 is 0 Å². The van der Waals surface area contributed by atoms with Crippen LogP contribution in [-0.4, -0.2) is 34.3 Å². The summed E-state index contributed by atoms with van der Waals surface area (Å²) >= 11 is 0. The summed E-state index contributed by atoms with van der Waals surface area (Å²) in [4.78, 5) is 9.50. The predicted molar refractivity (Wildman–Crippen MR) is 110 cm³/mol. The lowest BCUT2D eigenvalue weighted by Crippen LogP contribution is -2.08. The van der Waals surface area contributed by atoms with Crippen LogP contribution in [0.3, 0.4) is 0 Å². The monoisotopic (exact) mass is 398 g/mol. The second-order valence-electron chi connectivity index (χ2n) is 7.32. The lowest BCUT2D eigenvalue weighted by Gasteiger charge is -2.10. The molecule has 7 nitrogen and oxygen atoms in total. The Morgan fingerprint density at radius 1 is 1.13 bits per heavy atom. The number of fused-ring (bicyclic) bond motifs is 5. The zero-order valence-corrected chi connectivity index (χ0v) is 16.3. The van der Waals surface area contributed by atoms with Crippen LogP contribution < -0.4 is 4.74 Å². The Morgan fingerprint density at radius 2 is 2.03 bits per heavy atom. The van der Waals surface area contributed by atoms with Gasteiger partial charge in [0, 0.05) is 17.5 Å². The van der Waals surface area contributed by atoms with Crippen LogP contribution in [0.15, 0.2) is 70.6 Å². The average molecular weight is 398 g/mol. The number of hydrogen-bond donors (Lipinski definition) is 0. The maximum atomic E-state index is 5.98. The molecule has 0 aliphatic carbocycles. The number of ether oxygens (including phenoxy) is 2. The van der Waals surface area contributed by atoms with Gasteiger partial charge in [-0.2, -0.15) is 0 Å². The van der Waals surface area contributed by atoms with Gasteiger partial charge in [0.1, 0.15) is 30.4 Å². The highest BCUT2D eigenvalue weighted by molar-refractivity contribution is 5.95. The Balaban J connectivity index is 1.48. The van der Waals surface area contributed by atoms with Crippen molar-refractivity contribution in [2.75, 3.05) is 13.7 Å². The van der Waals surface area contributed by atoms with Crippen molar-refractivity contribution in [1.82, 2.24) is 14.7 Å². The van der Waals surface area contributed by atoms with Crippen molar-refractivity contribution in [2.24, 2.45) is 4.99 Å². The van der Waals surface area contributed by atoms with E-state index in [1.807, 2.05) is 42.7 Å². The van der Waals surface area contributed by atoms with Gasteiger partial charge in [0.2, 0.25) is 5.90 Å². The molecule has 2 aliphatic rings. The maximum absolute atomic E-state index is 5.98. The topological polar surface area (TPSA) is 74.7 Å². The number of hydrogen-bond acceptors (Lipinski definition) is 6. The first-order valence-corrected chi connectivity index (χ1v) is 9.76. The molecule has 4 aromatic rings. The third-order valence-electron chi connectivity index (χ3n) is 5.61. The zero-order valence-electron chi connectivity index (χ0n) is 16.3. The first-order chi connectivity index (χ1) is 14.8. The molecule has 0 radical (unpaired) electrons. The third kappa shape index (κ3) is 2.55. The molecule has 0 saturated carbocycles. The highest BCUT2D eigenvalue weighted by Gasteiger charge is 2.30. The van der Waals surface area contributed by atoms with Gasteiger partial charge in [0.25, 0.3) is 0 Å². The minimum atomic E-state index is -0.0213. The van der Waals surface area contributed by atoms with Crippen LogP contribution in [0.5, 0.6) is 5.75 Å². The second kappa shape index (κ2) is 6.59. The summed E-state index contributed by atoms with van der Waals surface area (Å²) in [5, 5.41) is 4.03. The van der Waals surface area contributed by atoms with Crippen LogP contribution in [0.25, 0.3) is 17.0 Å². The van der Waals surface area contributed by atoms with E-state index in [0.717, 1.165) is 45.3 Å². The van der Waals surface area contributed by atoms with Crippen molar-refractivity contribution < 1.29 is 14.0 Å². The minimum Gasteiger partial charge on any atom is -0.497 e. The summed E-state index contributed by atoms with van der Waals surface area (Å²) in [6, 6.07) is 16.1. The molecular formula is C23H18N4O3. The van der Waals surface area contributed by atoms with E-state index in [1.54, 1.807) is 13.3 Å². The molecule has 2 aromatic heterocycles. The number of nitrogens with zero attached hydrogens (tertiary/aromatic N) is 4. The molecule has 0 saturated heterocycles. The van der Waals surface area contributed by atoms with E-state index in [2.05, 4.69) is 26.8 Å². The van der Waals surface area contributed by atoms with E-state index in [9.17, 15) is 0 Å². The van der Waals surface area contributed by atoms with Crippen molar-refractivity contribution in [3.05, 3.63) is 83.6 Å². The molecule has 2 aliphatic heterocycles. The average Bonchev–Trinajstić information content (AvgIpc) is 3.53. The summed E-state index contributed by atoms with van der Waals surface area (Å²) in [6.07, 6.45) is 4.19. The number of benzene rings is 2. The van der Waals surface area contributed by atoms with Crippen molar-refractivity contribution in [3.8, 4) is 22.8 Å². The smallest absolute Gasteiger partial charge is 0.238 e. The van der Waals surface area contributed by atoms with Crippen LogP contribution in [0.2, 0.25) is 0 Å². The van der Waals surface area contributed by atoms with E-state index in [4.69, 9.17) is 19.0 Å². The molecule has 148 valence electrons. The lowest BCUT2D eigenvalue weighted by atomic mass is 10.1. The quantitative estimate of drug-likeness (QED) is 0.460. The lowest BCUT2D eigenvalue weighted by molar-refractivity contribution is 0.319. The molecule has 0 N–H and O–H groups in total. The Hall–Kier alpha value is -3.87. The van der Waals surface area contributed by atoms with Crippen molar-refractivity contribution in [1.29, 1.82) is 0 Å². The SMILES string of the molecule is COc1ccc2c(c1)-c1oncc1Cc1c(C3=NC(c4ccccc4)CO3)ncn1-2. The van der Waals surface area contributed by atoms with E-state index < -0.39 is 0 Å². The Morgan fingerprint density at radius 3 is 2.90 bits per heavy atom. The molecule has 6 rings (SSSR count). The van der Waals surface area contributed by atoms with E-state index in [-0.39, 0.29) is 6.04 Å². The van der Waals surface area contributed by atoms with Crippen molar-refractivity contribution in [2.45, 2.75) is 12.5 Å². The molecule has 7 heteroatoms. The van der Waals surface area contributed by atoms with Gasteiger partial charge in [-0.05, 0) is 23.8 Å². The van der Waals surface area contributed by atoms with Gasteiger partial charge in [0.15, 0.2) is 5.76 Å². The van der Waals surface area contributed by atoms with E-state index in [0.29, 0.717) is 18.9 Å². The predicted octanol–water partition coefficient (Wildman–Crippen LogP) is 3.96. The molecule has 30 heavy (non-hydrogen) atoms. The highest BCUT2D eigenvalue weighted by Crippen LogP contribution is 2.38. The zero-order chi connectivity index (χ0) is 20.1. The van der Waals surface area contributed by atoms with Crippen LogP contribution in [-0.2, 0) is 11.2 Å². The number of rotatable bonds is 3. The molecule has 0 bridgehead atoms. The standard InChI is InChI=1S/C23H18N4O3/c1-28-16-7-8-19-17(10-16)22-15(11-25-30-22)9-20-21(24-13-27(19)20)23-26-18(12-29-23)14-5-3-2-4-6-14/h2-8,10-11,13,18H,9,12H2,1H3. The van der Waals surface area contributed by atoms with Crippen LogP contribution in [0, 0.1) is 0 Å². The molecule has 0 spiro atoms. The summed E-state index contributed by atoms with van der Waals surface area (Å²) in [7, 11) is 1.65. The van der Waals surface area contributed by atoms with Crippen molar-refractivity contribution >= 4 is 5.90 Å². The fourth-order valence-electron chi connectivity index (χ4n) is 4.10. The molecule has 0 fully saturated rings. The summed E-state index contributed by atoms with van der Waals surface area (Å²) in [5.74, 6) is 2.08. The first kappa shape index (κ1) is 17.0. The molecule has 2 aromatic carbocycles. The largest absolute Gasteiger partial charge is 0.497 e. The van der Waals surface area contributed by atoms with Gasteiger partial charge < -0.3 is 18.6 Å². The number of imidazole rings is 1. The maximum Gasteiger partial charge on any atom is 0.238 e. The van der Waals surface area contributed by atoms with Crippen LogP contribution in [0.4, 0.5) is 0 Å². The molecule has 0 amide bonds. The fourth-order valence-corrected chi connectivity index (χ4v) is 4.10. The molecular weight excluding hydrogens is 380 g/mol. The van der Waals surface area contributed by atoms with Gasteiger partial charge in [-0.25, -0.2) is 9.98 Å². The first-order valence-electron chi connectivity index (χ1n) is 9.76. The number of aliphatic imine (C=N–C) groups is 1. The third-order valence-corrected chi connectivity index (χ3v) is 5.61. The van der Waals surface area contributed by atoms with Crippen LogP contribution >= 0.6 is 0 Å². The van der Waals surface area contributed by atoms with Gasteiger partial charge in [-0.1, -0.05) is 35.5 Å². The second-order valence-corrected chi connectivity index (χ2v) is 7.32. The molecule has 1 atom stereocenters. The normalized spacial score (nSPS) is 16.7. The summed E-state index contributed by atoms with van der Waals surface area (Å²) < 4.78 is 19.1. The van der Waals surface area contributed by atoms with Gasteiger partial charge in [-0.15, -0.1) is 0 Å². The Kier molecular flexibility index (Phi) is 3.74. The summed E-state index contributed by atoms with van der Waals surface area (Å²) in [6.45, 7) is 0.512.